The average molecular weight is 376 g/mol. The van der Waals surface area contributed by atoms with Crippen molar-refractivity contribution in [3.8, 4) is 17.2 Å². The molecule has 0 aliphatic heterocycles. The van der Waals surface area contributed by atoms with Crippen molar-refractivity contribution in [3.05, 3.63) is 53.8 Å². The zero-order chi connectivity index (χ0) is 19.6. The molecule has 0 spiro atoms. The number of rotatable bonds is 9. The molecule has 2 rings (SSSR count). The van der Waals surface area contributed by atoms with Gasteiger partial charge in [0, 0.05) is 18.7 Å². The van der Waals surface area contributed by atoms with Crippen molar-refractivity contribution in [1.82, 2.24) is 10.6 Å². The molecule has 0 aromatic heterocycles. The number of carbonyl (C=O) groups excluding carboxylic acids is 2. The molecule has 0 saturated carbocycles. The fraction of sp³-hybridized carbons (Fsp3) is 0.263. The lowest BCUT2D eigenvalue weighted by Crippen LogP contribution is -2.28. The standard InChI is InChI=1S/C19H21FN2O5/c1-21-18(23)12-27-16-7-6-13(10-17(16)25-2)19(24)22-8-9-26-15-5-3-4-14(20)11-15/h3-7,10-11H,8-9,12H2,1-2H3,(H,21,23)(H,22,24). The van der Waals surface area contributed by atoms with Crippen molar-refractivity contribution < 1.29 is 28.2 Å². The number of hydrogen-bond acceptors (Lipinski definition) is 5. The third-order valence-electron chi connectivity index (χ3n) is 3.52. The molecular formula is C19H21FN2O5. The lowest BCUT2D eigenvalue weighted by Gasteiger charge is -2.12. The highest BCUT2D eigenvalue weighted by Gasteiger charge is 2.12. The van der Waals surface area contributed by atoms with Gasteiger partial charge < -0.3 is 24.8 Å². The van der Waals surface area contributed by atoms with Crippen LogP contribution in [0.4, 0.5) is 4.39 Å². The van der Waals surface area contributed by atoms with Crippen LogP contribution in [0, 0.1) is 5.82 Å². The number of methoxy groups -OCH3 is 1. The van der Waals surface area contributed by atoms with Crippen LogP contribution in [0.1, 0.15) is 10.4 Å². The van der Waals surface area contributed by atoms with Crippen LogP contribution >= 0.6 is 0 Å². The molecule has 8 heteroatoms. The van der Waals surface area contributed by atoms with E-state index in [-0.39, 0.29) is 37.4 Å². The molecule has 27 heavy (non-hydrogen) atoms. The van der Waals surface area contributed by atoms with E-state index in [0.717, 1.165) is 0 Å². The van der Waals surface area contributed by atoms with E-state index in [9.17, 15) is 14.0 Å². The van der Waals surface area contributed by atoms with Gasteiger partial charge in [-0.3, -0.25) is 9.59 Å². The minimum atomic E-state index is -0.387. The van der Waals surface area contributed by atoms with Gasteiger partial charge in [0.05, 0.1) is 13.7 Å². The number of likely N-dealkylation sites (N-methyl/N-ethyl adjacent to an activating group) is 1. The summed E-state index contributed by atoms with van der Waals surface area (Å²) in [6.45, 7) is 0.280. The summed E-state index contributed by atoms with van der Waals surface area (Å²) in [6, 6.07) is 10.4. The summed E-state index contributed by atoms with van der Waals surface area (Å²) in [4.78, 5) is 23.5. The highest BCUT2D eigenvalue weighted by atomic mass is 19.1. The Hall–Kier alpha value is -3.29. The predicted octanol–water partition coefficient (Wildman–Crippen LogP) is 1.77. The molecule has 0 aliphatic carbocycles. The summed E-state index contributed by atoms with van der Waals surface area (Å²) < 4.78 is 29.0. The number of ether oxygens (including phenoxy) is 3. The largest absolute Gasteiger partial charge is 0.493 e. The predicted molar refractivity (Wildman–Crippen MR) is 96.8 cm³/mol. The third kappa shape index (κ3) is 6.18. The van der Waals surface area contributed by atoms with Crippen LogP contribution in [-0.4, -0.2) is 45.7 Å². The van der Waals surface area contributed by atoms with Crippen molar-refractivity contribution in [1.29, 1.82) is 0 Å². The minimum Gasteiger partial charge on any atom is -0.493 e. The Morgan fingerprint density at radius 2 is 1.89 bits per heavy atom. The Bertz CT molecular complexity index is 797. The van der Waals surface area contributed by atoms with E-state index in [1.54, 1.807) is 24.3 Å². The molecule has 7 nitrogen and oxygen atoms in total. The van der Waals surface area contributed by atoms with Gasteiger partial charge >= 0.3 is 0 Å². The summed E-state index contributed by atoms with van der Waals surface area (Å²) >= 11 is 0. The molecule has 2 amide bonds. The normalized spacial score (nSPS) is 10.0. The SMILES string of the molecule is CNC(=O)COc1ccc(C(=O)NCCOc2cccc(F)c2)cc1OC. The monoisotopic (exact) mass is 376 g/mol. The van der Waals surface area contributed by atoms with Crippen molar-refractivity contribution in [2.45, 2.75) is 0 Å². The minimum absolute atomic E-state index is 0.157. The van der Waals surface area contributed by atoms with Crippen molar-refractivity contribution in [2.75, 3.05) is 33.9 Å². The highest BCUT2D eigenvalue weighted by Crippen LogP contribution is 2.28. The fourth-order valence-electron chi connectivity index (χ4n) is 2.14. The smallest absolute Gasteiger partial charge is 0.257 e. The Kier molecular flexibility index (Phi) is 7.42. The number of carbonyl (C=O) groups is 2. The molecule has 144 valence electrons. The van der Waals surface area contributed by atoms with E-state index in [4.69, 9.17) is 14.2 Å². The van der Waals surface area contributed by atoms with Crippen LogP contribution in [0.25, 0.3) is 0 Å². The summed E-state index contributed by atoms with van der Waals surface area (Å²) in [5.41, 5.74) is 0.366. The van der Waals surface area contributed by atoms with Crippen LogP contribution < -0.4 is 24.8 Å². The zero-order valence-corrected chi connectivity index (χ0v) is 15.1. The summed E-state index contributed by atoms with van der Waals surface area (Å²) in [5.74, 6) is 0.0895. The summed E-state index contributed by atoms with van der Waals surface area (Å²) in [5, 5.41) is 5.14. The van der Waals surface area contributed by atoms with Gasteiger partial charge in [0.15, 0.2) is 18.1 Å². The van der Waals surface area contributed by atoms with Gasteiger partial charge in [-0.15, -0.1) is 0 Å². The topological polar surface area (TPSA) is 85.9 Å². The van der Waals surface area contributed by atoms with Gasteiger partial charge in [0.1, 0.15) is 18.2 Å². The van der Waals surface area contributed by atoms with Gasteiger partial charge in [-0.1, -0.05) is 6.07 Å². The molecule has 0 radical (unpaired) electrons. The van der Waals surface area contributed by atoms with Crippen LogP contribution in [0.3, 0.4) is 0 Å². The molecule has 2 aromatic carbocycles. The van der Waals surface area contributed by atoms with Gasteiger partial charge in [0.2, 0.25) is 0 Å². The van der Waals surface area contributed by atoms with E-state index in [1.807, 2.05) is 0 Å². The summed E-state index contributed by atoms with van der Waals surface area (Å²) in [7, 11) is 2.95. The van der Waals surface area contributed by atoms with Crippen LogP contribution in [-0.2, 0) is 4.79 Å². The Morgan fingerprint density at radius 1 is 1.07 bits per heavy atom. The lowest BCUT2D eigenvalue weighted by molar-refractivity contribution is -0.122. The number of hydrogen-bond donors (Lipinski definition) is 2. The fourth-order valence-corrected chi connectivity index (χ4v) is 2.14. The van der Waals surface area contributed by atoms with E-state index < -0.39 is 0 Å². The number of amides is 2. The van der Waals surface area contributed by atoms with E-state index in [2.05, 4.69) is 10.6 Å². The highest BCUT2D eigenvalue weighted by molar-refractivity contribution is 5.94. The zero-order valence-electron chi connectivity index (χ0n) is 15.1. The number of benzene rings is 2. The van der Waals surface area contributed by atoms with Gasteiger partial charge in [-0.25, -0.2) is 4.39 Å². The molecule has 2 N–H and O–H groups in total. The second-order valence-electron chi connectivity index (χ2n) is 5.39. The van der Waals surface area contributed by atoms with Crippen molar-refractivity contribution >= 4 is 11.8 Å². The molecule has 0 fully saturated rings. The first-order chi connectivity index (χ1) is 13.0. The summed E-state index contributed by atoms with van der Waals surface area (Å²) in [6.07, 6.45) is 0. The Labute approximate surface area is 156 Å². The first kappa shape index (κ1) is 20.0. The Morgan fingerprint density at radius 3 is 2.59 bits per heavy atom. The average Bonchev–Trinajstić information content (AvgIpc) is 2.69. The molecule has 0 heterocycles. The van der Waals surface area contributed by atoms with Crippen LogP contribution in [0.15, 0.2) is 42.5 Å². The molecule has 0 saturated heterocycles. The third-order valence-corrected chi connectivity index (χ3v) is 3.52. The number of nitrogens with one attached hydrogen (secondary N) is 2. The van der Waals surface area contributed by atoms with E-state index >= 15 is 0 Å². The van der Waals surface area contributed by atoms with Gasteiger partial charge in [0.25, 0.3) is 11.8 Å². The first-order valence-electron chi connectivity index (χ1n) is 8.21. The molecular weight excluding hydrogens is 355 g/mol. The van der Waals surface area contributed by atoms with E-state index in [0.29, 0.717) is 22.8 Å². The second-order valence-corrected chi connectivity index (χ2v) is 5.39. The molecule has 0 aliphatic rings. The number of halogens is 1. The quantitative estimate of drug-likeness (QED) is 0.652. The van der Waals surface area contributed by atoms with Crippen molar-refractivity contribution in [2.24, 2.45) is 0 Å². The maximum absolute atomic E-state index is 13.1. The Balaban J connectivity index is 1.87. The van der Waals surface area contributed by atoms with Gasteiger partial charge in [-0.05, 0) is 30.3 Å². The van der Waals surface area contributed by atoms with Crippen molar-refractivity contribution in [3.63, 3.8) is 0 Å². The van der Waals surface area contributed by atoms with Gasteiger partial charge in [-0.2, -0.15) is 0 Å². The molecule has 2 aromatic rings. The second kappa shape index (κ2) is 10.0. The van der Waals surface area contributed by atoms with Crippen LogP contribution in [0.2, 0.25) is 0 Å². The molecule has 0 unspecified atom stereocenters. The maximum Gasteiger partial charge on any atom is 0.257 e. The maximum atomic E-state index is 13.1. The van der Waals surface area contributed by atoms with Crippen LogP contribution in [0.5, 0.6) is 17.2 Å². The molecule has 0 atom stereocenters. The lowest BCUT2D eigenvalue weighted by atomic mass is 10.2. The first-order valence-corrected chi connectivity index (χ1v) is 8.21. The molecule has 0 bridgehead atoms. The van der Waals surface area contributed by atoms with E-state index in [1.165, 1.54) is 32.4 Å².